The van der Waals surface area contributed by atoms with Crippen molar-refractivity contribution in [3.63, 3.8) is 0 Å². The minimum atomic E-state index is -1.48. The topological polar surface area (TPSA) is 38.1 Å². The van der Waals surface area contributed by atoms with Crippen LogP contribution in [0, 0.1) is 13.8 Å². The number of alkyl halides is 1. The van der Waals surface area contributed by atoms with Crippen LogP contribution in [0.15, 0.2) is 24.3 Å². The van der Waals surface area contributed by atoms with Crippen LogP contribution in [0.5, 0.6) is 0 Å². The van der Waals surface area contributed by atoms with E-state index in [1.807, 2.05) is 20.9 Å². The molecule has 0 bridgehead atoms. The average molecular weight is 350 g/mol. The van der Waals surface area contributed by atoms with Crippen molar-refractivity contribution in [2.45, 2.75) is 32.4 Å². The molecule has 0 N–H and O–H groups in total. The highest BCUT2D eigenvalue weighted by atomic mass is 35.5. The van der Waals surface area contributed by atoms with E-state index < -0.39 is 5.67 Å². The largest absolute Gasteiger partial charge is 0.338 e. The predicted molar refractivity (Wildman–Crippen MR) is 92.1 cm³/mol. The molecule has 0 unspecified atom stereocenters. The fraction of sp³-hybridized carbons (Fsp3) is 0.444. The molecule has 0 atom stereocenters. The Hall–Kier alpha value is -1.88. The third-order valence-corrected chi connectivity index (χ3v) is 5.25. The molecule has 1 amide bonds. The molecule has 2 heterocycles. The zero-order chi connectivity index (χ0) is 17.5. The summed E-state index contributed by atoms with van der Waals surface area (Å²) in [6.07, 6.45) is 0.502. The highest BCUT2D eigenvalue weighted by Crippen LogP contribution is 2.40. The molecule has 0 aliphatic carbocycles. The Morgan fingerprint density at radius 1 is 1.25 bits per heavy atom. The maximum absolute atomic E-state index is 15.3. The molecule has 24 heavy (non-hydrogen) atoms. The van der Waals surface area contributed by atoms with Gasteiger partial charge in [0, 0.05) is 49.3 Å². The van der Waals surface area contributed by atoms with Crippen LogP contribution in [0.3, 0.4) is 0 Å². The van der Waals surface area contributed by atoms with Crippen molar-refractivity contribution in [1.29, 1.82) is 0 Å². The third-order valence-electron chi connectivity index (χ3n) is 4.92. The van der Waals surface area contributed by atoms with Crippen molar-refractivity contribution < 1.29 is 9.18 Å². The molecular weight excluding hydrogens is 329 g/mol. The maximum atomic E-state index is 15.3. The van der Waals surface area contributed by atoms with Gasteiger partial charge in [-0.3, -0.25) is 9.48 Å². The molecule has 0 radical (unpaired) electrons. The van der Waals surface area contributed by atoms with Gasteiger partial charge >= 0.3 is 0 Å². The molecule has 0 spiro atoms. The quantitative estimate of drug-likeness (QED) is 0.827. The lowest BCUT2D eigenvalue weighted by molar-refractivity contribution is 0.0421. The number of hydrogen-bond donors (Lipinski definition) is 0. The Balaban J connectivity index is 1.78. The maximum Gasteiger partial charge on any atom is 0.257 e. The molecule has 1 aromatic heterocycles. The van der Waals surface area contributed by atoms with Gasteiger partial charge in [-0.25, -0.2) is 4.39 Å². The molecule has 2 aromatic rings. The highest BCUT2D eigenvalue weighted by Gasteiger charge is 2.39. The molecule has 6 heteroatoms. The number of nitrogens with zero attached hydrogens (tertiary/aromatic N) is 3. The van der Waals surface area contributed by atoms with E-state index in [0.717, 1.165) is 5.69 Å². The lowest BCUT2D eigenvalue weighted by atomic mass is 9.86. The first-order valence-corrected chi connectivity index (χ1v) is 8.44. The number of rotatable bonds is 2. The number of benzene rings is 1. The van der Waals surface area contributed by atoms with Crippen LogP contribution in [-0.2, 0) is 12.7 Å². The normalized spacial score (nSPS) is 17.1. The Bertz CT molecular complexity index is 779. The van der Waals surface area contributed by atoms with E-state index in [-0.39, 0.29) is 18.7 Å². The molecule has 1 fully saturated rings. The number of halogens is 2. The molecule has 4 nitrogen and oxygen atoms in total. The van der Waals surface area contributed by atoms with Gasteiger partial charge in [0.15, 0.2) is 0 Å². The van der Waals surface area contributed by atoms with E-state index in [2.05, 4.69) is 5.10 Å². The smallest absolute Gasteiger partial charge is 0.257 e. The number of carbonyl (C=O) groups excluding carboxylic acids is 1. The highest BCUT2D eigenvalue weighted by molar-refractivity contribution is 6.31. The van der Waals surface area contributed by atoms with Crippen molar-refractivity contribution in [3.8, 4) is 0 Å². The summed E-state index contributed by atoms with van der Waals surface area (Å²) in [4.78, 5) is 14.5. The van der Waals surface area contributed by atoms with Gasteiger partial charge in [-0.15, -0.1) is 0 Å². The summed E-state index contributed by atoms with van der Waals surface area (Å²) in [5.41, 5.74) is 1.21. The molecule has 0 saturated carbocycles. The van der Waals surface area contributed by atoms with E-state index in [9.17, 15) is 4.79 Å². The summed E-state index contributed by atoms with van der Waals surface area (Å²) in [5.74, 6) is -0.0701. The van der Waals surface area contributed by atoms with E-state index in [1.165, 1.54) is 0 Å². The Labute approximate surface area is 146 Å². The van der Waals surface area contributed by atoms with Gasteiger partial charge in [0.05, 0.1) is 11.3 Å². The van der Waals surface area contributed by atoms with Gasteiger partial charge in [-0.1, -0.05) is 29.8 Å². The lowest BCUT2D eigenvalue weighted by Crippen LogP contribution is -2.43. The van der Waals surface area contributed by atoms with Crippen molar-refractivity contribution in [2.75, 3.05) is 13.1 Å². The second-order valence-corrected chi connectivity index (χ2v) is 6.81. The van der Waals surface area contributed by atoms with Crippen LogP contribution in [0.25, 0.3) is 0 Å². The monoisotopic (exact) mass is 349 g/mol. The van der Waals surface area contributed by atoms with Crippen LogP contribution in [0.2, 0.25) is 5.02 Å². The van der Waals surface area contributed by atoms with E-state index in [0.29, 0.717) is 34.9 Å². The molecule has 128 valence electrons. The SMILES string of the molecule is Cc1nn(C)c(C)c1C(=O)N1CCC(F)(c2ccccc2Cl)CC1. The second-order valence-electron chi connectivity index (χ2n) is 6.41. The van der Waals surface area contributed by atoms with Gasteiger partial charge in [0.1, 0.15) is 5.67 Å². The minimum absolute atomic E-state index is 0.0701. The summed E-state index contributed by atoms with van der Waals surface area (Å²) in [6.45, 7) is 4.44. The van der Waals surface area contributed by atoms with Crippen molar-refractivity contribution in [3.05, 3.63) is 51.8 Å². The van der Waals surface area contributed by atoms with Gasteiger partial charge in [0.25, 0.3) is 5.91 Å². The third kappa shape index (κ3) is 2.81. The van der Waals surface area contributed by atoms with Crippen LogP contribution in [-0.4, -0.2) is 33.7 Å². The fourth-order valence-electron chi connectivity index (χ4n) is 3.40. The van der Waals surface area contributed by atoms with E-state index >= 15 is 4.39 Å². The van der Waals surface area contributed by atoms with E-state index in [1.54, 1.807) is 33.8 Å². The predicted octanol–water partition coefficient (Wildman–Crippen LogP) is 3.79. The summed E-state index contributed by atoms with van der Waals surface area (Å²) < 4.78 is 17.0. The van der Waals surface area contributed by atoms with Gasteiger partial charge in [0.2, 0.25) is 0 Å². The minimum Gasteiger partial charge on any atom is -0.338 e. The van der Waals surface area contributed by atoms with Crippen LogP contribution in [0.4, 0.5) is 4.39 Å². The zero-order valence-corrected chi connectivity index (χ0v) is 14.9. The average Bonchev–Trinajstić information content (AvgIpc) is 2.80. The number of amides is 1. The number of carbonyl (C=O) groups is 1. The molecule has 1 aliphatic heterocycles. The Kier molecular flexibility index (Phi) is 4.38. The molecule has 3 rings (SSSR count). The first-order chi connectivity index (χ1) is 11.3. The molecule has 1 aliphatic rings. The number of likely N-dealkylation sites (tertiary alicyclic amines) is 1. The lowest BCUT2D eigenvalue weighted by Gasteiger charge is -2.37. The van der Waals surface area contributed by atoms with Gasteiger partial charge < -0.3 is 4.90 Å². The number of aryl methyl sites for hydroxylation is 2. The van der Waals surface area contributed by atoms with Crippen molar-refractivity contribution in [2.24, 2.45) is 7.05 Å². The number of aromatic nitrogens is 2. The summed E-state index contributed by atoms with van der Waals surface area (Å²) >= 11 is 6.15. The summed E-state index contributed by atoms with van der Waals surface area (Å²) in [7, 11) is 1.82. The summed E-state index contributed by atoms with van der Waals surface area (Å²) in [6, 6.07) is 7.03. The van der Waals surface area contributed by atoms with Gasteiger partial charge in [-0.2, -0.15) is 5.10 Å². The van der Waals surface area contributed by atoms with Gasteiger partial charge in [-0.05, 0) is 19.9 Å². The van der Waals surface area contributed by atoms with E-state index in [4.69, 9.17) is 11.6 Å². The second kappa shape index (κ2) is 6.20. The van der Waals surface area contributed by atoms with Crippen LogP contribution < -0.4 is 0 Å². The number of piperidine rings is 1. The van der Waals surface area contributed by atoms with Crippen LogP contribution in [0.1, 0.15) is 40.2 Å². The molecule has 1 aromatic carbocycles. The Morgan fingerprint density at radius 3 is 2.42 bits per heavy atom. The van der Waals surface area contributed by atoms with Crippen LogP contribution >= 0.6 is 11.6 Å². The Morgan fingerprint density at radius 2 is 1.88 bits per heavy atom. The standard InChI is InChI=1S/C18H21ClFN3O/c1-12-16(13(2)22(3)21-12)17(24)23-10-8-18(20,9-11-23)14-6-4-5-7-15(14)19/h4-7H,8-11H2,1-3H3. The van der Waals surface area contributed by atoms with Crippen molar-refractivity contribution in [1.82, 2.24) is 14.7 Å². The number of hydrogen-bond acceptors (Lipinski definition) is 2. The first-order valence-electron chi connectivity index (χ1n) is 8.07. The van der Waals surface area contributed by atoms with Crippen molar-refractivity contribution >= 4 is 17.5 Å². The molecule has 1 saturated heterocycles. The molecular formula is C18H21ClFN3O. The first kappa shape index (κ1) is 17.0. The summed E-state index contributed by atoms with van der Waals surface area (Å²) in [5, 5.41) is 4.74. The fourth-order valence-corrected chi connectivity index (χ4v) is 3.70. The zero-order valence-electron chi connectivity index (χ0n) is 14.1.